The number of hydrogen-bond donors (Lipinski definition) is 0. The number of carbonyl (C=O) groups is 3. The van der Waals surface area contributed by atoms with Gasteiger partial charge in [-0.15, -0.1) is 0 Å². The van der Waals surface area contributed by atoms with Crippen LogP contribution in [0.3, 0.4) is 0 Å². The van der Waals surface area contributed by atoms with Gasteiger partial charge in [0.1, 0.15) is 0 Å². The van der Waals surface area contributed by atoms with Crippen molar-refractivity contribution in [3.05, 3.63) is 30.3 Å². The third-order valence-electron chi connectivity index (χ3n) is 6.07. The van der Waals surface area contributed by atoms with E-state index in [1.54, 1.807) is 19.1 Å². The van der Waals surface area contributed by atoms with Crippen molar-refractivity contribution in [3.63, 3.8) is 0 Å². The summed E-state index contributed by atoms with van der Waals surface area (Å²) in [7, 11) is 0. The Morgan fingerprint density at radius 3 is 2.46 bits per heavy atom. The zero-order chi connectivity index (χ0) is 16.9. The molecule has 5 heteroatoms. The van der Waals surface area contributed by atoms with E-state index in [-0.39, 0.29) is 29.6 Å². The molecule has 5 nitrogen and oxygen atoms in total. The molecule has 3 aliphatic carbocycles. The number of amides is 2. The maximum atomic E-state index is 13.2. The summed E-state index contributed by atoms with van der Waals surface area (Å²) in [6.07, 6.45) is 2.95. The number of benzene rings is 1. The largest absolute Gasteiger partial charge is 0.466 e. The first kappa shape index (κ1) is 15.4. The van der Waals surface area contributed by atoms with Gasteiger partial charge >= 0.3 is 5.97 Å². The highest BCUT2D eigenvalue weighted by Crippen LogP contribution is 2.60. The predicted octanol–water partition coefficient (Wildman–Crippen LogP) is 2.55. The van der Waals surface area contributed by atoms with Gasteiger partial charge in [0.25, 0.3) is 0 Å². The lowest BCUT2D eigenvalue weighted by molar-refractivity contribution is -0.174. The summed E-state index contributed by atoms with van der Waals surface area (Å²) >= 11 is 0. The quantitative estimate of drug-likeness (QED) is 0.632. The number of ether oxygens (including phenoxy) is 1. The zero-order valence-electron chi connectivity index (χ0n) is 13.7. The molecule has 1 aliphatic heterocycles. The molecule has 1 aromatic carbocycles. The minimum absolute atomic E-state index is 0.144. The van der Waals surface area contributed by atoms with Crippen LogP contribution in [0.2, 0.25) is 0 Å². The third-order valence-corrected chi connectivity index (χ3v) is 6.07. The lowest BCUT2D eigenvalue weighted by Gasteiger charge is -2.50. The lowest BCUT2D eigenvalue weighted by Crippen LogP contribution is -2.54. The topological polar surface area (TPSA) is 63.7 Å². The van der Waals surface area contributed by atoms with Crippen LogP contribution in [-0.2, 0) is 19.1 Å². The standard InChI is InChI=1S/C19H21NO4/c1-2-24-18(23)19-10-8-12(9-11-19)14-15(19)17(22)20(16(14)21)13-6-4-3-5-7-13/h3-7,12,14-15H,2,8-11H2,1H3/t12?,14-,15+,19?/m1/s1. The minimum Gasteiger partial charge on any atom is -0.466 e. The maximum absolute atomic E-state index is 13.2. The van der Waals surface area contributed by atoms with Gasteiger partial charge < -0.3 is 4.74 Å². The first-order valence-electron chi connectivity index (χ1n) is 8.70. The van der Waals surface area contributed by atoms with Gasteiger partial charge in [-0.3, -0.25) is 19.3 Å². The van der Waals surface area contributed by atoms with Crippen molar-refractivity contribution < 1.29 is 19.1 Å². The van der Waals surface area contributed by atoms with Crippen LogP contribution >= 0.6 is 0 Å². The Morgan fingerprint density at radius 2 is 1.83 bits per heavy atom. The van der Waals surface area contributed by atoms with Gasteiger partial charge in [-0.2, -0.15) is 0 Å². The summed E-state index contributed by atoms with van der Waals surface area (Å²) < 4.78 is 5.31. The van der Waals surface area contributed by atoms with Crippen molar-refractivity contribution in [2.45, 2.75) is 32.6 Å². The highest BCUT2D eigenvalue weighted by Gasteiger charge is 2.67. The first-order chi connectivity index (χ1) is 11.6. The van der Waals surface area contributed by atoms with E-state index in [2.05, 4.69) is 0 Å². The van der Waals surface area contributed by atoms with Crippen molar-refractivity contribution in [1.82, 2.24) is 0 Å². The van der Waals surface area contributed by atoms with Gasteiger partial charge in [-0.25, -0.2) is 0 Å². The molecule has 3 saturated carbocycles. The molecule has 1 saturated heterocycles. The summed E-state index contributed by atoms with van der Waals surface area (Å²) in [4.78, 5) is 40.2. The predicted molar refractivity (Wildman–Crippen MR) is 86.9 cm³/mol. The smallest absolute Gasteiger partial charge is 0.312 e. The molecule has 1 heterocycles. The fraction of sp³-hybridized carbons (Fsp3) is 0.526. The highest BCUT2D eigenvalue weighted by atomic mass is 16.5. The van der Waals surface area contributed by atoms with E-state index >= 15 is 0 Å². The van der Waals surface area contributed by atoms with Crippen LogP contribution in [0.25, 0.3) is 0 Å². The molecule has 4 fully saturated rings. The van der Waals surface area contributed by atoms with Crippen molar-refractivity contribution in [3.8, 4) is 0 Å². The van der Waals surface area contributed by atoms with Gasteiger partial charge in [-0.05, 0) is 50.7 Å². The average molecular weight is 327 g/mol. The summed E-state index contributed by atoms with van der Waals surface area (Å²) in [6.45, 7) is 2.07. The Bertz CT molecular complexity index is 691. The summed E-state index contributed by atoms with van der Waals surface area (Å²) in [5.74, 6) is -1.39. The third kappa shape index (κ3) is 1.90. The summed E-state index contributed by atoms with van der Waals surface area (Å²) in [5.41, 5.74) is -0.216. The van der Waals surface area contributed by atoms with Crippen molar-refractivity contribution >= 4 is 23.5 Å². The number of hydrogen-bond acceptors (Lipinski definition) is 4. The van der Waals surface area contributed by atoms with Gasteiger partial charge in [0.15, 0.2) is 0 Å². The highest BCUT2D eigenvalue weighted by molar-refractivity contribution is 6.23. The maximum Gasteiger partial charge on any atom is 0.312 e. The van der Waals surface area contributed by atoms with Crippen molar-refractivity contribution in [2.24, 2.45) is 23.2 Å². The molecule has 5 rings (SSSR count). The molecule has 2 amide bonds. The number of nitrogens with zero attached hydrogens (tertiary/aromatic N) is 1. The first-order valence-corrected chi connectivity index (χ1v) is 8.70. The summed E-state index contributed by atoms with van der Waals surface area (Å²) in [5, 5.41) is 0. The van der Waals surface area contributed by atoms with Gasteiger partial charge in [0.05, 0.1) is 29.5 Å². The molecule has 0 spiro atoms. The van der Waals surface area contributed by atoms with E-state index < -0.39 is 11.3 Å². The lowest BCUT2D eigenvalue weighted by atomic mass is 9.51. The van der Waals surface area contributed by atoms with Crippen LogP contribution in [0.15, 0.2) is 30.3 Å². The van der Waals surface area contributed by atoms with E-state index in [1.807, 2.05) is 18.2 Å². The molecule has 0 unspecified atom stereocenters. The second-order valence-electron chi connectivity index (χ2n) is 7.06. The molecule has 0 radical (unpaired) electrons. The monoisotopic (exact) mass is 327 g/mol. The van der Waals surface area contributed by atoms with Crippen LogP contribution in [-0.4, -0.2) is 24.4 Å². The molecular formula is C19H21NO4. The molecular weight excluding hydrogens is 306 g/mol. The second kappa shape index (κ2) is 5.43. The molecule has 4 aliphatic rings. The number of para-hydroxylation sites is 1. The van der Waals surface area contributed by atoms with Crippen molar-refractivity contribution in [1.29, 1.82) is 0 Å². The fourth-order valence-electron chi connectivity index (χ4n) is 5.01. The van der Waals surface area contributed by atoms with Crippen LogP contribution < -0.4 is 4.90 Å². The number of fused-ring (bicyclic) bond motifs is 2. The van der Waals surface area contributed by atoms with Crippen LogP contribution in [0, 0.1) is 23.2 Å². The number of anilines is 1. The molecule has 2 atom stereocenters. The Hall–Kier alpha value is -2.17. The zero-order valence-corrected chi connectivity index (χ0v) is 13.7. The van der Waals surface area contributed by atoms with E-state index in [9.17, 15) is 14.4 Å². The molecule has 2 bridgehead atoms. The molecule has 1 aromatic rings. The van der Waals surface area contributed by atoms with E-state index in [4.69, 9.17) is 4.74 Å². The van der Waals surface area contributed by atoms with E-state index in [0.717, 1.165) is 12.8 Å². The average Bonchev–Trinajstić information content (AvgIpc) is 2.90. The Morgan fingerprint density at radius 1 is 1.17 bits per heavy atom. The van der Waals surface area contributed by atoms with E-state index in [0.29, 0.717) is 25.1 Å². The van der Waals surface area contributed by atoms with Crippen LogP contribution in [0.4, 0.5) is 5.69 Å². The minimum atomic E-state index is -0.814. The Kier molecular flexibility index (Phi) is 3.48. The van der Waals surface area contributed by atoms with Gasteiger partial charge in [0, 0.05) is 0 Å². The molecule has 126 valence electrons. The van der Waals surface area contributed by atoms with Gasteiger partial charge in [-0.1, -0.05) is 18.2 Å². The van der Waals surface area contributed by atoms with Crippen molar-refractivity contribution in [2.75, 3.05) is 11.5 Å². The number of imide groups is 1. The van der Waals surface area contributed by atoms with Gasteiger partial charge in [0.2, 0.25) is 11.8 Å². The summed E-state index contributed by atoms with van der Waals surface area (Å²) in [6, 6.07) is 9.02. The van der Waals surface area contributed by atoms with E-state index in [1.165, 1.54) is 4.90 Å². The number of carbonyl (C=O) groups excluding carboxylic acids is 3. The van der Waals surface area contributed by atoms with Crippen LogP contribution in [0.1, 0.15) is 32.6 Å². The molecule has 0 N–H and O–H groups in total. The Balaban J connectivity index is 1.77. The van der Waals surface area contributed by atoms with Crippen LogP contribution in [0.5, 0.6) is 0 Å². The normalized spacial score (nSPS) is 34.4. The SMILES string of the molecule is CCOC(=O)C12CCC(CC1)[C@H]1C(=O)N(c3ccccc3)C(=O)[C@H]12. The number of esters is 1. The Labute approximate surface area is 141 Å². The molecule has 0 aromatic heterocycles. The number of rotatable bonds is 3. The molecule has 24 heavy (non-hydrogen) atoms. The fourth-order valence-corrected chi connectivity index (χ4v) is 5.01. The second-order valence-corrected chi connectivity index (χ2v) is 7.06.